The number of carbonyl (C=O) groups is 2. The minimum Gasteiger partial charge on any atom is -0.465 e. The molecular formula is C16H19BrO6. The average molecular weight is 387 g/mol. The molecule has 0 atom stereocenters. The number of halogens is 1. The fraction of sp³-hybridized carbons (Fsp3) is 0.500. The number of rotatable bonds is 5. The Morgan fingerprint density at radius 2 is 1.57 bits per heavy atom. The summed E-state index contributed by atoms with van der Waals surface area (Å²) >= 11 is 3.36. The number of benzene rings is 1. The van der Waals surface area contributed by atoms with Crippen molar-refractivity contribution in [3.8, 4) is 0 Å². The van der Waals surface area contributed by atoms with E-state index in [9.17, 15) is 9.59 Å². The van der Waals surface area contributed by atoms with E-state index in [1.54, 1.807) is 13.8 Å². The lowest BCUT2D eigenvalue weighted by atomic mass is 9.89. The molecule has 0 N–H and O–H groups in total. The number of hydrogen-bond acceptors (Lipinski definition) is 6. The molecule has 6 nitrogen and oxygen atoms in total. The van der Waals surface area contributed by atoms with Crippen LogP contribution in [-0.4, -0.2) is 38.4 Å². The Morgan fingerprint density at radius 3 is 2.00 bits per heavy atom. The third-order valence-corrected chi connectivity index (χ3v) is 3.97. The summed E-state index contributed by atoms with van der Waals surface area (Å²) in [6, 6.07) is 7.41. The molecule has 1 heterocycles. The molecule has 1 fully saturated rings. The van der Waals surface area contributed by atoms with Gasteiger partial charge in [0.15, 0.2) is 6.29 Å². The Kier molecular flexibility index (Phi) is 6.15. The first-order chi connectivity index (χ1) is 11.0. The first-order valence-corrected chi connectivity index (χ1v) is 8.16. The number of hydrogen-bond donors (Lipinski definition) is 0. The van der Waals surface area contributed by atoms with Crippen molar-refractivity contribution in [3.63, 3.8) is 0 Å². The van der Waals surface area contributed by atoms with Gasteiger partial charge in [0.05, 0.1) is 26.4 Å². The lowest BCUT2D eigenvalue weighted by Crippen LogP contribution is -2.52. The van der Waals surface area contributed by atoms with Crippen LogP contribution in [0.1, 0.15) is 25.7 Å². The highest BCUT2D eigenvalue weighted by molar-refractivity contribution is 9.10. The molecule has 0 radical (unpaired) electrons. The maximum absolute atomic E-state index is 12.2. The van der Waals surface area contributed by atoms with E-state index >= 15 is 0 Å². The van der Waals surface area contributed by atoms with Crippen molar-refractivity contribution in [1.29, 1.82) is 0 Å². The second-order valence-corrected chi connectivity index (χ2v) is 5.94. The molecule has 126 valence electrons. The van der Waals surface area contributed by atoms with E-state index in [-0.39, 0.29) is 26.4 Å². The predicted octanol–water partition coefficient (Wildman–Crippen LogP) is 2.61. The van der Waals surface area contributed by atoms with Gasteiger partial charge in [0.25, 0.3) is 0 Å². The molecule has 2 rings (SSSR count). The van der Waals surface area contributed by atoms with Crippen molar-refractivity contribution >= 4 is 27.9 Å². The van der Waals surface area contributed by atoms with Crippen LogP contribution in [0.5, 0.6) is 0 Å². The van der Waals surface area contributed by atoms with E-state index in [0.717, 1.165) is 10.0 Å². The van der Waals surface area contributed by atoms with Crippen LogP contribution in [-0.2, 0) is 28.5 Å². The zero-order valence-corrected chi connectivity index (χ0v) is 14.6. The summed E-state index contributed by atoms with van der Waals surface area (Å²) in [5, 5.41) is 0. The zero-order chi connectivity index (χ0) is 16.9. The molecule has 0 saturated carbocycles. The van der Waals surface area contributed by atoms with Crippen LogP contribution in [0.2, 0.25) is 0 Å². The zero-order valence-electron chi connectivity index (χ0n) is 13.0. The summed E-state index contributed by atoms with van der Waals surface area (Å²) < 4.78 is 22.2. The van der Waals surface area contributed by atoms with E-state index in [1.165, 1.54) is 0 Å². The summed E-state index contributed by atoms with van der Waals surface area (Å²) in [5.74, 6) is -1.37. The molecule has 1 aromatic carbocycles. The maximum atomic E-state index is 12.2. The highest BCUT2D eigenvalue weighted by Gasteiger charge is 2.53. The van der Waals surface area contributed by atoms with E-state index in [1.807, 2.05) is 24.3 Å². The molecule has 1 aliphatic heterocycles. The lowest BCUT2D eigenvalue weighted by molar-refractivity contribution is -0.243. The maximum Gasteiger partial charge on any atom is 0.328 e. The molecular weight excluding hydrogens is 368 g/mol. The Labute approximate surface area is 143 Å². The second-order valence-electron chi connectivity index (χ2n) is 5.03. The molecule has 0 spiro atoms. The van der Waals surface area contributed by atoms with Crippen molar-refractivity contribution in [2.75, 3.05) is 26.4 Å². The molecule has 0 bridgehead atoms. The largest absolute Gasteiger partial charge is 0.465 e. The van der Waals surface area contributed by atoms with Crippen LogP contribution in [0, 0.1) is 5.41 Å². The monoisotopic (exact) mass is 386 g/mol. The quantitative estimate of drug-likeness (QED) is 0.572. The standard InChI is InChI=1S/C16H19BrO6/c1-3-20-14(18)16(15(19)21-4-2)9-22-13(23-10-16)11-5-7-12(17)8-6-11/h5-8,13H,3-4,9-10H2,1-2H3. The summed E-state index contributed by atoms with van der Waals surface area (Å²) in [6.45, 7) is 3.38. The molecule has 1 saturated heterocycles. The van der Waals surface area contributed by atoms with Crippen LogP contribution in [0.15, 0.2) is 28.7 Å². The second kappa shape index (κ2) is 7.90. The van der Waals surface area contributed by atoms with Crippen molar-refractivity contribution in [3.05, 3.63) is 34.3 Å². The molecule has 0 aromatic heterocycles. The Hall–Kier alpha value is -1.44. The highest BCUT2D eigenvalue weighted by atomic mass is 79.9. The smallest absolute Gasteiger partial charge is 0.328 e. The third kappa shape index (κ3) is 3.91. The van der Waals surface area contributed by atoms with E-state index in [2.05, 4.69) is 15.9 Å². The SMILES string of the molecule is CCOC(=O)C1(C(=O)OCC)COC(c2ccc(Br)cc2)OC1. The molecule has 0 amide bonds. The topological polar surface area (TPSA) is 71.1 Å². The van der Waals surface area contributed by atoms with Crippen LogP contribution in [0.3, 0.4) is 0 Å². The van der Waals surface area contributed by atoms with Gasteiger partial charge in [-0.25, -0.2) is 0 Å². The van der Waals surface area contributed by atoms with Crippen molar-refractivity contribution in [1.82, 2.24) is 0 Å². The summed E-state index contributed by atoms with van der Waals surface area (Å²) in [7, 11) is 0. The average Bonchev–Trinajstić information content (AvgIpc) is 2.56. The van der Waals surface area contributed by atoms with Crippen molar-refractivity contribution in [2.45, 2.75) is 20.1 Å². The molecule has 0 aliphatic carbocycles. The molecule has 1 aromatic rings. The van der Waals surface area contributed by atoms with E-state index < -0.39 is 23.6 Å². The minimum atomic E-state index is -1.57. The summed E-state index contributed by atoms with van der Waals surface area (Å²) in [5.41, 5.74) is -0.771. The molecule has 23 heavy (non-hydrogen) atoms. The Bertz CT molecular complexity index is 528. The fourth-order valence-corrected chi connectivity index (χ4v) is 2.46. The number of esters is 2. The van der Waals surface area contributed by atoms with E-state index in [0.29, 0.717) is 0 Å². The van der Waals surface area contributed by atoms with Gasteiger partial charge < -0.3 is 18.9 Å². The van der Waals surface area contributed by atoms with Gasteiger partial charge in [0.1, 0.15) is 0 Å². The van der Waals surface area contributed by atoms with Gasteiger partial charge in [0, 0.05) is 10.0 Å². The van der Waals surface area contributed by atoms with Crippen LogP contribution in [0.25, 0.3) is 0 Å². The first-order valence-electron chi connectivity index (χ1n) is 7.36. The first kappa shape index (κ1) is 17.9. The summed E-state index contributed by atoms with van der Waals surface area (Å²) in [4.78, 5) is 24.5. The van der Waals surface area contributed by atoms with Crippen LogP contribution < -0.4 is 0 Å². The number of carbonyl (C=O) groups excluding carboxylic acids is 2. The normalized spacial score (nSPS) is 17.5. The fourth-order valence-electron chi connectivity index (χ4n) is 2.20. The predicted molar refractivity (Wildman–Crippen MR) is 84.5 cm³/mol. The lowest BCUT2D eigenvalue weighted by Gasteiger charge is -2.36. The molecule has 7 heteroatoms. The molecule has 1 aliphatic rings. The van der Waals surface area contributed by atoms with Gasteiger partial charge in [0.2, 0.25) is 5.41 Å². The van der Waals surface area contributed by atoms with E-state index in [4.69, 9.17) is 18.9 Å². The Balaban J connectivity index is 2.14. The van der Waals surface area contributed by atoms with Gasteiger partial charge in [-0.05, 0) is 26.0 Å². The minimum absolute atomic E-state index is 0.147. The highest BCUT2D eigenvalue weighted by Crippen LogP contribution is 2.34. The van der Waals surface area contributed by atoms with Crippen molar-refractivity contribution < 1.29 is 28.5 Å². The van der Waals surface area contributed by atoms with Crippen LogP contribution in [0.4, 0.5) is 0 Å². The van der Waals surface area contributed by atoms with Crippen molar-refractivity contribution in [2.24, 2.45) is 5.41 Å². The number of ether oxygens (including phenoxy) is 4. The summed E-state index contributed by atoms with van der Waals surface area (Å²) in [6.07, 6.45) is -0.639. The van der Waals surface area contributed by atoms with Gasteiger partial charge in [-0.2, -0.15) is 0 Å². The van der Waals surface area contributed by atoms with Crippen LogP contribution >= 0.6 is 15.9 Å². The van der Waals surface area contributed by atoms with Gasteiger partial charge in [-0.15, -0.1) is 0 Å². The van der Waals surface area contributed by atoms with Gasteiger partial charge in [-0.3, -0.25) is 9.59 Å². The van der Waals surface area contributed by atoms with Gasteiger partial charge >= 0.3 is 11.9 Å². The van der Waals surface area contributed by atoms with Gasteiger partial charge in [-0.1, -0.05) is 28.1 Å². The molecule has 0 unspecified atom stereocenters. The Morgan fingerprint density at radius 1 is 1.09 bits per heavy atom. The third-order valence-electron chi connectivity index (χ3n) is 3.44.